The Kier molecular flexibility index (Phi) is 6.59. The molecular weight excluding hydrogens is 654 g/mol. The number of halogens is 2. The molecule has 1 spiro atoms. The van der Waals surface area contributed by atoms with Gasteiger partial charge < -0.3 is 24.1 Å². The predicted molar refractivity (Wildman–Crippen MR) is 179 cm³/mol. The van der Waals surface area contributed by atoms with Crippen molar-refractivity contribution in [2.24, 2.45) is 5.41 Å². The predicted octanol–water partition coefficient (Wildman–Crippen LogP) is 8.34. The Morgan fingerprint density at radius 3 is 2.78 bits per heavy atom. The average molecular weight is 687 g/mol. The van der Waals surface area contributed by atoms with Crippen molar-refractivity contribution >= 4 is 60.9 Å². The molecule has 8 nitrogen and oxygen atoms in total. The Hall–Kier alpha value is -3.50. The minimum absolute atomic E-state index is 0.0574. The van der Waals surface area contributed by atoms with E-state index in [0.717, 1.165) is 61.9 Å². The summed E-state index contributed by atoms with van der Waals surface area (Å²) in [6, 6.07) is 18.7. The van der Waals surface area contributed by atoms with Crippen molar-refractivity contribution in [3.63, 3.8) is 0 Å². The van der Waals surface area contributed by atoms with Crippen LogP contribution in [0.4, 0.5) is 5.82 Å². The molecule has 4 atom stereocenters. The molecule has 0 radical (unpaired) electrons. The van der Waals surface area contributed by atoms with Gasteiger partial charge in [-0.2, -0.15) is 0 Å². The maximum Gasteiger partial charge on any atom is 0.164 e. The Morgan fingerprint density at radius 1 is 1.16 bits per heavy atom. The number of rotatable bonds is 7. The second-order valence-corrected chi connectivity index (χ2v) is 14.2. The SMILES string of the molecule is COc1ccc(CNc2nc3cc(/C(C)=C/[C@]45C[C@@H](n6ccc7c(Cl)ncnc76)[C@@]6(C4)OC(C)(C)O[C@H]56)ccc3cc2Br)cc1. The molecule has 5 aromatic rings. The van der Waals surface area contributed by atoms with Crippen LogP contribution in [0.3, 0.4) is 0 Å². The number of benzene rings is 2. The lowest BCUT2D eigenvalue weighted by Gasteiger charge is -2.48. The van der Waals surface area contributed by atoms with Crippen molar-refractivity contribution in [2.45, 2.75) is 63.7 Å². The van der Waals surface area contributed by atoms with E-state index in [1.165, 1.54) is 11.9 Å². The van der Waals surface area contributed by atoms with E-state index < -0.39 is 11.4 Å². The minimum atomic E-state index is -0.669. The van der Waals surface area contributed by atoms with E-state index in [4.69, 9.17) is 30.8 Å². The fraction of sp³-hybridized carbons (Fsp3) is 0.343. The molecule has 1 N–H and O–H groups in total. The Labute approximate surface area is 274 Å². The third kappa shape index (κ3) is 4.58. The molecule has 2 aromatic carbocycles. The van der Waals surface area contributed by atoms with Gasteiger partial charge >= 0.3 is 0 Å². The van der Waals surface area contributed by atoms with E-state index in [0.29, 0.717) is 11.7 Å². The van der Waals surface area contributed by atoms with Gasteiger partial charge in [-0.05, 0) is 96.6 Å². The second kappa shape index (κ2) is 10.3. The number of allylic oxidation sites excluding steroid dienone is 1. The number of nitrogens with zero attached hydrogens (tertiary/aromatic N) is 4. The first-order chi connectivity index (χ1) is 21.6. The van der Waals surface area contributed by atoms with Gasteiger partial charge in [0.1, 0.15) is 40.4 Å². The van der Waals surface area contributed by atoms with E-state index in [2.05, 4.69) is 91.4 Å². The van der Waals surface area contributed by atoms with Crippen molar-refractivity contribution in [1.82, 2.24) is 19.5 Å². The zero-order valence-corrected chi connectivity index (χ0v) is 27.8. The van der Waals surface area contributed by atoms with Crippen LogP contribution in [0.2, 0.25) is 5.15 Å². The van der Waals surface area contributed by atoms with Crippen LogP contribution >= 0.6 is 27.5 Å². The van der Waals surface area contributed by atoms with Gasteiger partial charge in [0.25, 0.3) is 0 Å². The molecule has 45 heavy (non-hydrogen) atoms. The normalized spacial score (nSPS) is 26.7. The standard InChI is InChI=1S/C35H33BrClN5O3/c1-20(22-7-8-23-13-26(36)30(41-27(23)14-22)38-17-21-5-9-24(43-4)10-6-21)15-34-16-28(35(18-34)32(34)44-33(2,3)45-35)42-12-11-25-29(37)39-19-40-31(25)42/h5-15,19,28,32H,16-18H2,1-4H3,(H,38,41)/b20-15+/t28-,32-,34+,35-/m1/s1. The highest BCUT2D eigenvalue weighted by Gasteiger charge is 2.79. The molecule has 0 amide bonds. The highest BCUT2D eigenvalue weighted by molar-refractivity contribution is 9.10. The Bertz CT molecular complexity index is 2010. The number of hydrogen-bond donors (Lipinski definition) is 1. The maximum atomic E-state index is 6.73. The van der Waals surface area contributed by atoms with Gasteiger partial charge in [0.05, 0.1) is 28.5 Å². The number of methoxy groups -OCH3 is 1. The number of hydrogen-bond acceptors (Lipinski definition) is 7. The fourth-order valence-corrected chi connectivity index (χ4v) is 8.53. The van der Waals surface area contributed by atoms with Gasteiger partial charge in [-0.1, -0.05) is 41.9 Å². The summed E-state index contributed by atoms with van der Waals surface area (Å²) in [7, 11) is 1.67. The van der Waals surface area contributed by atoms with Gasteiger partial charge in [-0.25, -0.2) is 15.0 Å². The molecule has 4 aliphatic rings. The van der Waals surface area contributed by atoms with Crippen molar-refractivity contribution in [3.05, 3.63) is 94.0 Å². The van der Waals surface area contributed by atoms with Crippen LogP contribution in [0, 0.1) is 5.41 Å². The summed E-state index contributed by atoms with van der Waals surface area (Å²) in [5.41, 5.74) is 4.65. The van der Waals surface area contributed by atoms with E-state index in [1.54, 1.807) is 7.11 Å². The summed E-state index contributed by atoms with van der Waals surface area (Å²) in [6.07, 6.45) is 7.71. The van der Waals surface area contributed by atoms with Crippen LogP contribution in [0.25, 0.3) is 27.5 Å². The van der Waals surface area contributed by atoms with Crippen molar-refractivity contribution in [1.29, 1.82) is 0 Å². The second-order valence-electron chi connectivity index (χ2n) is 13.0. The largest absolute Gasteiger partial charge is 0.497 e. The van der Waals surface area contributed by atoms with Crippen molar-refractivity contribution in [3.8, 4) is 5.75 Å². The monoisotopic (exact) mass is 685 g/mol. The third-order valence-electron chi connectivity index (χ3n) is 9.69. The molecule has 3 aromatic heterocycles. The van der Waals surface area contributed by atoms with E-state index in [9.17, 15) is 0 Å². The van der Waals surface area contributed by atoms with Crippen LogP contribution in [0.15, 0.2) is 77.7 Å². The average Bonchev–Trinajstić information content (AvgIpc) is 3.71. The Balaban J connectivity index is 1.10. The zero-order valence-electron chi connectivity index (χ0n) is 25.5. The number of fused-ring (bicyclic) bond motifs is 3. The van der Waals surface area contributed by atoms with Gasteiger partial charge in [0.15, 0.2) is 5.79 Å². The van der Waals surface area contributed by atoms with Gasteiger partial charge in [-0.3, -0.25) is 0 Å². The topological polar surface area (TPSA) is 83.3 Å². The quantitative estimate of drug-likeness (QED) is 0.172. The first-order valence-electron chi connectivity index (χ1n) is 15.1. The molecule has 1 aliphatic heterocycles. The van der Waals surface area contributed by atoms with E-state index in [1.807, 2.05) is 32.0 Å². The smallest absolute Gasteiger partial charge is 0.164 e. The van der Waals surface area contributed by atoms with Gasteiger partial charge in [0.2, 0.25) is 0 Å². The lowest BCUT2D eigenvalue weighted by atomic mass is 9.63. The molecular formula is C35H33BrClN5O3. The summed E-state index contributed by atoms with van der Waals surface area (Å²) in [5, 5.41) is 5.87. The minimum Gasteiger partial charge on any atom is -0.497 e. The highest BCUT2D eigenvalue weighted by Crippen LogP contribution is 2.74. The molecule has 10 heteroatoms. The molecule has 4 heterocycles. The first-order valence-corrected chi connectivity index (χ1v) is 16.3. The number of anilines is 1. The maximum absolute atomic E-state index is 6.73. The molecule has 2 bridgehead atoms. The molecule has 0 unspecified atom stereocenters. The number of nitrogens with one attached hydrogen (secondary N) is 1. The van der Waals surface area contributed by atoms with E-state index in [-0.39, 0.29) is 17.6 Å². The molecule has 3 saturated carbocycles. The lowest BCUT2D eigenvalue weighted by molar-refractivity contribution is -0.165. The van der Waals surface area contributed by atoms with Gasteiger partial charge in [-0.15, -0.1) is 0 Å². The van der Waals surface area contributed by atoms with Crippen LogP contribution < -0.4 is 10.1 Å². The molecule has 9 rings (SSSR count). The molecule has 1 saturated heterocycles. The van der Waals surface area contributed by atoms with Crippen molar-refractivity contribution < 1.29 is 14.2 Å². The molecule has 230 valence electrons. The summed E-state index contributed by atoms with van der Waals surface area (Å²) in [5.74, 6) is 0.978. The van der Waals surface area contributed by atoms with Crippen LogP contribution in [-0.4, -0.2) is 44.1 Å². The summed E-state index contributed by atoms with van der Waals surface area (Å²) >= 11 is 10.1. The summed E-state index contributed by atoms with van der Waals surface area (Å²) in [4.78, 5) is 13.8. The fourth-order valence-electron chi connectivity index (χ4n) is 7.87. The van der Waals surface area contributed by atoms with Crippen molar-refractivity contribution in [2.75, 3.05) is 12.4 Å². The number of pyridine rings is 1. The van der Waals surface area contributed by atoms with E-state index >= 15 is 0 Å². The summed E-state index contributed by atoms with van der Waals surface area (Å²) < 4.78 is 21.8. The van der Waals surface area contributed by atoms with Crippen LogP contribution in [0.1, 0.15) is 50.8 Å². The lowest BCUT2D eigenvalue weighted by Crippen LogP contribution is -2.57. The Morgan fingerprint density at radius 2 is 1.98 bits per heavy atom. The van der Waals surface area contributed by atoms with Gasteiger partial charge in [0, 0.05) is 23.5 Å². The molecule has 3 aliphatic carbocycles. The third-order valence-corrected chi connectivity index (χ3v) is 10.6. The summed E-state index contributed by atoms with van der Waals surface area (Å²) in [6.45, 7) is 6.86. The first kappa shape index (κ1) is 28.9. The van der Waals surface area contributed by atoms with Crippen LogP contribution in [-0.2, 0) is 16.0 Å². The zero-order chi connectivity index (χ0) is 31.1. The number of ether oxygens (including phenoxy) is 3. The molecule has 4 fully saturated rings. The highest BCUT2D eigenvalue weighted by atomic mass is 79.9. The number of aromatic nitrogens is 4. The van der Waals surface area contributed by atoms with Crippen LogP contribution in [0.5, 0.6) is 5.75 Å².